The van der Waals surface area contributed by atoms with E-state index in [0.717, 1.165) is 20.6 Å². The van der Waals surface area contributed by atoms with Crippen LogP contribution in [-0.4, -0.2) is 51.0 Å². The molecule has 0 bridgehead atoms. The molecule has 0 saturated heterocycles. The SMILES string of the molecule is CNC(=O)C(C)N(Cc1cccc(Br)c1)C(=O)CN(c1cc(Cl)c(Cl)cc1Cl)S(C)(=O)=O. The number of carbonyl (C=O) groups excluding carboxylic acids is 2. The normalized spacial score (nSPS) is 12.2. The summed E-state index contributed by atoms with van der Waals surface area (Å²) in [4.78, 5) is 26.9. The van der Waals surface area contributed by atoms with E-state index >= 15 is 0 Å². The summed E-state index contributed by atoms with van der Waals surface area (Å²) in [6.45, 7) is 1.05. The predicted molar refractivity (Wildman–Crippen MR) is 132 cm³/mol. The molecule has 0 fully saturated rings. The van der Waals surface area contributed by atoms with Gasteiger partial charge in [-0.1, -0.05) is 62.9 Å². The first-order chi connectivity index (χ1) is 14.8. The fourth-order valence-electron chi connectivity index (χ4n) is 2.92. The van der Waals surface area contributed by atoms with Crippen molar-refractivity contribution in [1.82, 2.24) is 10.2 Å². The highest BCUT2D eigenvalue weighted by molar-refractivity contribution is 9.10. The second-order valence-corrected chi connectivity index (χ2v) is 11.0. The van der Waals surface area contributed by atoms with Crippen molar-refractivity contribution >= 4 is 78.3 Å². The van der Waals surface area contributed by atoms with Crippen molar-refractivity contribution in [3.05, 3.63) is 61.5 Å². The molecule has 0 heterocycles. The fraction of sp³-hybridized carbons (Fsp3) is 0.300. The standard InChI is InChI=1S/C20H21BrCl3N3O4S/c1-12(20(29)25-2)26(10-13-5-4-6-14(21)7-13)19(28)11-27(32(3,30)31)18-9-16(23)15(22)8-17(18)24/h4-9,12H,10-11H2,1-3H3,(H,25,29). The van der Waals surface area contributed by atoms with Crippen molar-refractivity contribution in [1.29, 1.82) is 0 Å². The zero-order valence-electron chi connectivity index (χ0n) is 17.4. The summed E-state index contributed by atoms with van der Waals surface area (Å²) in [5.74, 6) is -1.000. The van der Waals surface area contributed by atoms with Crippen LogP contribution in [0, 0.1) is 0 Å². The minimum Gasteiger partial charge on any atom is -0.357 e. The lowest BCUT2D eigenvalue weighted by Crippen LogP contribution is -2.50. The van der Waals surface area contributed by atoms with Gasteiger partial charge in [0, 0.05) is 18.1 Å². The predicted octanol–water partition coefficient (Wildman–Crippen LogP) is 4.34. The molecule has 1 atom stereocenters. The zero-order chi connectivity index (χ0) is 24.2. The molecule has 2 aromatic carbocycles. The van der Waals surface area contributed by atoms with E-state index in [9.17, 15) is 18.0 Å². The van der Waals surface area contributed by atoms with Gasteiger partial charge in [-0.15, -0.1) is 0 Å². The van der Waals surface area contributed by atoms with Crippen molar-refractivity contribution in [2.45, 2.75) is 19.5 Å². The van der Waals surface area contributed by atoms with E-state index in [1.807, 2.05) is 6.07 Å². The van der Waals surface area contributed by atoms with E-state index in [-0.39, 0.29) is 27.3 Å². The average molecular weight is 586 g/mol. The van der Waals surface area contributed by atoms with Gasteiger partial charge in [0.15, 0.2) is 0 Å². The lowest BCUT2D eigenvalue weighted by Gasteiger charge is -2.31. The van der Waals surface area contributed by atoms with E-state index in [2.05, 4.69) is 21.2 Å². The Labute approximate surface area is 210 Å². The van der Waals surface area contributed by atoms with E-state index in [1.54, 1.807) is 25.1 Å². The molecular weight excluding hydrogens is 565 g/mol. The third kappa shape index (κ3) is 6.74. The quantitative estimate of drug-likeness (QED) is 0.467. The number of rotatable bonds is 8. The topological polar surface area (TPSA) is 86.8 Å². The lowest BCUT2D eigenvalue weighted by molar-refractivity contribution is -0.139. The molecular formula is C20H21BrCl3N3O4S. The maximum Gasteiger partial charge on any atom is 0.244 e. The van der Waals surface area contributed by atoms with Gasteiger partial charge in [-0.2, -0.15) is 0 Å². The molecule has 0 spiro atoms. The monoisotopic (exact) mass is 583 g/mol. The van der Waals surface area contributed by atoms with Crippen molar-refractivity contribution in [2.75, 3.05) is 24.2 Å². The average Bonchev–Trinajstić information content (AvgIpc) is 2.71. The molecule has 174 valence electrons. The number of carbonyl (C=O) groups is 2. The Morgan fingerprint density at radius 3 is 2.28 bits per heavy atom. The number of hydrogen-bond donors (Lipinski definition) is 1. The highest BCUT2D eigenvalue weighted by atomic mass is 79.9. The van der Waals surface area contributed by atoms with Gasteiger partial charge < -0.3 is 10.2 Å². The smallest absolute Gasteiger partial charge is 0.244 e. The molecule has 7 nitrogen and oxygen atoms in total. The Balaban J connectivity index is 2.46. The summed E-state index contributed by atoms with van der Waals surface area (Å²) >= 11 is 21.6. The number of sulfonamides is 1. The summed E-state index contributed by atoms with van der Waals surface area (Å²) in [6.07, 6.45) is 0.944. The molecule has 0 saturated carbocycles. The third-order valence-electron chi connectivity index (χ3n) is 4.59. The molecule has 0 aromatic heterocycles. The van der Waals surface area contributed by atoms with Crippen LogP contribution in [0.2, 0.25) is 15.1 Å². The van der Waals surface area contributed by atoms with Gasteiger partial charge in [0.2, 0.25) is 21.8 Å². The number of hydrogen-bond acceptors (Lipinski definition) is 4. The maximum absolute atomic E-state index is 13.3. The van der Waals surface area contributed by atoms with Crippen molar-refractivity contribution < 1.29 is 18.0 Å². The molecule has 0 aliphatic heterocycles. The Hall–Kier alpha value is -1.52. The molecule has 1 N–H and O–H groups in total. The Morgan fingerprint density at radius 2 is 1.72 bits per heavy atom. The maximum atomic E-state index is 13.3. The van der Waals surface area contributed by atoms with E-state index in [0.29, 0.717) is 0 Å². The van der Waals surface area contributed by atoms with Gasteiger partial charge in [0.1, 0.15) is 12.6 Å². The zero-order valence-corrected chi connectivity index (χ0v) is 22.1. The van der Waals surface area contributed by atoms with Crippen molar-refractivity contribution in [3.8, 4) is 0 Å². The minimum absolute atomic E-state index is 0.00641. The molecule has 2 rings (SSSR count). The van der Waals surface area contributed by atoms with Gasteiger partial charge in [0.05, 0.1) is 27.0 Å². The molecule has 0 radical (unpaired) electrons. The highest BCUT2D eigenvalue weighted by Crippen LogP contribution is 2.35. The van der Waals surface area contributed by atoms with E-state index in [4.69, 9.17) is 34.8 Å². The number of anilines is 1. The summed E-state index contributed by atoms with van der Waals surface area (Å²) in [5.41, 5.74) is 0.758. The number of amides is 2. The highest BCUT2D eigenvalue weighted by Gasteiger charge is 2.30. The van der Waals surface area contributed by atoms with Crippen LogP contribution in [-0.2, 0) is 26.2 Å². The number of halogens is 4. The summed E-state index contributed by atoms with van der Waals surface area (Å²) in [5, 5.41) is 2.74. The second-order valence-electron chi connectivity index (χ2n) is 6.93. The molecule has 0 aliphatic carbocycles. The van der Waals surface area contributed by atoms with Crippen molar-refractivity contribution in [3.63, 3.8) is 0 Å². The van der Waals surface area contributed by atoms with Crippen LogP contribution in [0.25, 0.3) is 0 Å². The van der Waals surface area contributed by atoms with Gasteiger partial charge in [-0.05, 0) is 36.8 Å². The summed E-state index contributed by atoms with van der Waals surface area (Å²) in [7, 11) is -2.48. The van der Waals surface area contributed by atoms with Gasteiger partial charge >= 0.3 is 0 Å². The molecule has 1 unspecified atom stereocenters. The molecule has 12 heteroatoms. The Kier molecular flexibility index (Phi) is 9.25. The van der Waals surface area contributed by atoms with Crippen LogP contribution in [0.15, 0.2) is 40.9 Å². The second kappa shape index (κ2) is 11.1. The number of nitrogens with one attached hydrogen (secondary N) is 1. The Bertz CT molecular complexity index is 1130. The van der Waals surface area contributed by atoms with Gasteiger partial charge in [-0.25, -0.2) is 8.42 Å². The number of likely N-dealkylation sites (N-methyl/N-ethyl adjacent to an activating group) is 1. The van der Waals surface area contributed by atoms with Crippen LogP contribution in [0.4, 0.5) is 5.69 Å². The van der Waals surface area contributed by atoms with Crippen LogP contribution < -0.4 is 9.62 Å². The first kappa shape index (κ1) is 26.7. The largest absolute Gasteiger partial charge is 0.357 e. The number of nitrogens with zero attached hydrogens (tertiary/aromatic N) is 2. The van der Waals surface area contributed by atoms with Gasteiger partial charge in [0.25, 0.3) is 0 Å². The number of benzene rings is 2. The lowest BCUT2D eigenvalue weighted by atomic mass is 10.1. The van der Waals surface area contributed by atoms with Gasteiger partial charge in [-0.3, -0.25) is 13.9 Å². The van der Waals surface area contributed by atoms with E-state index < -0.39 is 34.4 Å². The molecule has 2 aromatic rings. The van der Waals surface area contributed by atoms with Crippen LogP contribution in [0.5, 0.6) is 0 Å². The summed E-state index contributed by atoms with van der Waals surface area (Å²) < 4.78 is 26.7. The first-order valence-electron chi connectivity index (χ1n) is 9.23. The third-order valence-corrected chi connectivity index (χ3v) is 7.24. The molecule has 2 amide bonds. The molecule has 32 heavy (non-hydrogen) atoms. The van der Waals surface area contributed by atoms with E-state index in [1.165, 1.54) is 24.1 Å². The van der Waals surface area contributed by atoms with Crippen LogP contribution in [0.3, 0.4) is 0 Å². The first-order valence-corrected chi connectivity index (χ1v) is 13.0. The fourth-order valence-corrected chi connectivity index (χ4v) is 4.91. The van der Waals surface area contributed by atoms with Crippen LogP contribution >= 0.6 is 50.7 Å². The van der Waals surface area contributed by atoms with Crippen molar-refractivity contribution in [2.24, 2.45) is 0 Å². The Morgan fingerprint density at radius 1 is 1.09 bits per heavy atom. The van der Waals surface area contributed by atoms with Crippen LogP contribution in [0.1, 0.15) is 12.5 Å². The molecule has 0 aliphatic rings. The minimum atomic E-state index is -3.94. The summed E-state index contributed by atoms with van der Waals surface area (Å²) in [6, 6.07) is 8.95.